The molecule has 1 heteroatoms. The Kier molecular flexibility index (Phi) is 3.17. The largest absolute Gasteiger partial charge is 0.354 e. The van der Waals surface area contributed by atoms with E-state index in [1.54, 1.807) is 0 Å². The molecule has 1 N–H and O–H groups in total. The van der Waals surface area contributed by atoms with Crippen LogP contribution in [0, 0.1) is 0 Å². The third kappa shape index (κ3) is 2.33. The second kappa shape index (κ2) is 5.64. The van der Waals surface area contributed by atoms with Gasteiger partial charge in [0.1, 0.15) is 0 Å². The molecule has 0 radical (unpaired) electrons. The smallest absolute Gasteiger partial charge is 0.0544 e. The third-order valence-corrected chi connectivity index (χ3v) is 4.83. The summed E-state index contributed by atoms with van der Waals surface area (Å²) in [4.78, 5) is 3.62. The number of nitrogens with one attached hydrogen (secondary N) is 1. The van der Waals surface area contributed by atoms with Crippen LogP contribution < -0.4 is 0 Å². The fraction of sp³-hybridized carbons (Fsp3) is 0. The monoisotopic (exact) mass is 319 g/mol. The minimum atomic E-state index is 1.18. The fourth-order valence-corrected chi connectivity index (χ4v) is 3.59. The molecule has 0 spiro atoms. The summed E-state index contributed by atoms with van der Waals surface area (Å²) in [5, 5.41) is 2.54. The summed E-state index contributed by atoms with van der Waals surface area (Å²) in [5.74, 6) is 0. The van der Waals surface area contributed by atoms with Crippen LogP contribution in [-0.4, -0.2) is 4.98 Å². The SMILES string of the molecule is c1ccc(-c2ccc3[nH]c4c(-c5ccccc5)cccc4c3c2)cc1. The van der Waals surface area contributed by atoms with Crippen molar-refractivity contribution in [3.05, 3.63) is 97.1 Å². The normalized spacial score (nSPS) is 11.2. The van der Waals surface area contributed by atoms with Crippen molar-refractivity contribution in [1.82, 2.24) is 4.98 Å². The molecule has 25 heavy (non-hydrogen) atoms. The summed E-state index contributed by atoms with van der Waals surface area (Å²) in [6.07, 6.45) is 0. The number of para-hydroxylation sites is 1. The van der Waals surface area contributed by atoms with Crippen molar-refractivity contribution in [2.24, 2.45) is 0 Å². The summed E-state index contributed by atoms with van der Waals surface area (Å²) in [6, 6.07) is 34.3. The van der Waals surface area contributed by atoms with Gasteiger partial charge < -0.3 is 4.98 Å². The minimum absolute atomic E-state index is 1.18. The van der Waals surface area contributed by atoms with Gasteiger partial charge in [-0.05, 0) is 28.8 Å². The topological polar surface area (TPSA) is 15.8 Å². The van der Waals surface area contributed by atoms with E-state index in [1.807, 2.05) is 0 Å². The zero-order chi connectivity index (χ0) is 16.6. The second-order valence-corrected chi connectivity index (χ2v) is 6.35. The van der Waals surface area contributed by atoms with Gasteiger partial charge in [-0.2, -0.15) is 0 Å². The molecule has 0 unspecified atom stereocenters. The summed E-state index contributed by atoms with van der Waals surface area (Å²) < 4.78 is 0. The van der Waals surface area contributed by atoms with E-state index in [1.165, 1.54) is 44.1 Å². The average Bonchev–Trinajstić information content (AvgIpc) is 3.07. The Bertz CT molecular complexity index is 1170. The molecule has 0 aliphatic carbocycles. The maximum atomic E-state index is 3.62. The molecule has 0 bridgehead atoms. The summed E-state index contributed by atoms with van der Waals surface area (Å²) in [6.45, 7) is 0. The van der Waals surface area contributed by atoms with E-state index < -0.39 is 0 Å². The molecule has 1 heterocycles. The molecule has 4 aromatic carbocycles. The predicted molar refractivity (Wildman–Crippen MR) is 107 cm³/mol. The highest BCUT2D eigenvalue weighted by Crippen LogP contribution is 2.35. The Labute approximate surface area is 146 Å². The highest BCUT2D eigenvalue weighted by molar-refractivity contribution is 6.12. The second-order valence-electron chi connectivity index (χ2n) is 6.35. The first-order valence-corrected chi connectivity index (χ1v) is 8.55. The van der Waals surface area contributed by atoms with E-state index in [-0.39, 0.29) is 0 Å². The number of H-pyrrole nitrogens is 1. The Balaban J connectivity index is 1.77. The van der Waals surface area contributed by atoms with Crippen LogP contribution in [0.3, 0.4) is 0 Å². The van der Waals surface area contributed by atoms with Gasteiger partial charge in [0, 0.05) is 21.9 Å². The Morgan fingerprint density at radius 2 is 1.20 bits per heavy atom. The molecule has 0 saturated heterocycles. The van der Waals surface area contributed by atoms with Crippen LogP contribution in [0.15, 0.2) is 97.1 Å². The predicted octanol–water partition coefficient (Wildman–Crippen LogP) is 6.66. The lowest BCUT2D eigenvalue weighted by Crippen LogP contribution is -1.79. The van der Waals surface area contributed by atoms with Gasteiger partial charge in [0.05, 0.1) is 5.52 Å². The van der Waals surface area contributed by atoms with Crippen LogP contribution in [0.5, 0.6) is 0 Å². The molecule has 1 aromatic heterocycles. The van der Waals surface area contributed by atoms with Gasteiger partial charge in [-0.25, -0.2) is 0 Å². The maximum absolute atomic E-state index is 3.62. The van der Waals surface area contributed by atoms with Gasteiger partial charge >= 0.3 is 0 Å². The fourth-order valence-electron chi connectivity index (χ4n) is 3.59. The van der Waals surface area contributed by atoms with E-state index >= 15 is 0 Å². The van der Waals surface area contributed by atoms with E-state index in [9.17, 15) is 0 Å². The number of benzene rings is 4. The van der Waals surface area contributed by atoms with Crippen molar-refractivity contribution in [2.75, 3.05) is 0 Å². The van der Waals surface area contributed by atoms with Crippen LogP contribution in [0.25, 0.3) is 44.1 Å². The highest BCUT2D eigenvalue weighted by Gasteiger charge is 2.10. The number of rotatable bonds is 2. The molecule has 0 amide bonds. The molecule has 0 aliphatic rings. The van der Waals surface area contributed by atoms with Gasteiger partial charge in [0.25, 0.3) is 0 Å². The zero-order valence-electron chi connectivity index (χ0n) is 13.7. The lowest BCUT2D eigenvalue weighted by Gasteiger charge is -2.03. The maximum Gasteiger partial charge on any atom is 0.0544 e. The van der Waals surface area contributed by atoms with E-state index in [0.29, 0.717) is 0 Å². The Hall–Kier alpha value is -3.32. The molecule has 0 atom stereocenters. The molecular formula is C24H17N. The molecule has 5 rings (SSSR count). The summed E-state index contributed by atoms with van der Waals surface area (Å²) >= 11 is 0. The number of fused-ring (bicyclic) bond motifs is 3. The lowest BCUT2D eigenvalue weighted by molar-refractivity contribution is 1.53. The molecule has 118 valence electrons. The van der Waals surface area contributed by atoms with Gasteiger partial charge in [0.15, 0.2) is 0 Å². The first kappa shape index (κ1) is 14.1. The molecule has 0 saturated carbocycles. The quantitative estimate of drug-likeness (QED) is 0.374. The Morgan fingerprint density at radius 1 is 0.480 bits per heavy atom. The first-order valence-electron chi connectivity index (χ1n) is 8.55. The lowest BCUT2D eigenvalue weighted by atomic mass is 10.0. The summed E-state index contributed by atoms with van der Waals surface area (Å²) in [7, 11) is 0. The zero-order valence-corrected chi connectivity index (χ0v) is 13.7. The van der Waals surface area contributed by atoms with E-state index in [4.69, 9.17) is 0 Å². The van der Waals surface area contributed by atoms with Crippen molar-refractivity contribution < 1.29 is 0 Å². The van der Waals surface area contributed by atoms with Crippen LogP contribution in [0.2, 0.25) is 0 Å². The average molecular weight is 319 g/mol. The molecule has 1 nitrogen and oxygen atoms in total. The van der Waals surface area contributed by atoms with E-state index in [2.05, 4.69) is 102 Å². The third-order valence-electron chi connectivity index (χ3n) is 4.83. The number of hydrogen-bond acceptors (Lipinski definition) is 0. The summed E-state index contributed by atoms with van der Waals surface area (Å²) in [5.41, 5.74) is 7.36. The van der Waals surface area contributed by atoms with Gasteiger partial charge in [0.2, 0.25) is 0 Å². The van der Waals surface area contributed by atoms with Crippen molar-refractivity contribution in [3.63, 3.8) is 0 Å². The van der Waals surface area contributed by atoms with Gasteiger partial charge in [-0.1, -0.05) is 84.9 Å². The van der Waals surface area contributed by atoms with E-state index in [0.717, 1.165) is 0 Å². The first-order chi connectivity index (χ1) is 12.4. The van der Waals surface area contributed by atoms with Crippen LogP contribution in [0.4, 0.5) is 0 Å². The number of aromatic amines is 1. The highest BCUT2D eigenvalue weighted by atomic mass is 14.7. The standard InChI is InChI=1S/C24H17N/c1-3-8-17(9-4-1)19-14-15-23-22(16-19)21-13-7-12-20(24(21)25-23)18-10-5-2-6-11-18/h1-16,25H. The van der Waals surface area contributed by atoms with Crippen molar-refractivity contribution >= 4 is 21.8 Å². The van der Waals surface area contributed by atoms with Crippen LogP contribution in [-0.2, 0) is 0 Å². The van der Waals surface area contributed by atoms with Crippen molar-refractivity contribution in [1.29, 1.82) is 0 Å². The van der Waals surface area contributed by atoms with Crippen molar-refractivity contribution in [3.8, 4) is 22.3 Å². The van der Waals surface area contributed by atoms with Crippen molar-refractivity contribution in [2.45, 2.75) is 0 Å². The van der Waals surface area contributed by atoms with Gasteiger partial charge in [-0.15, -0.1) is 0 Å². The molecular weight excluding hydrogens is 302 g/mol. The number of hydrogen-bond donors (Lipinski definition) is 1. The van der Waals surface area contributed by atoms with Crippen LogP contribution in [0.1, 0.15) is 0 Å². The van der Waals surface area contributed by atoms with Crippen LogP contribution >= 0.6 is 0 Å². The minimum Gasteiger partial charge on any atom is -0.354 e. The van der Waals surface area contributed by atoms with Gasteiger partial charge in [-0.3, -0.25) is 0 Å². The Morgan fingerprint density at radius 3 is 1.96 bits per heavy atom. The number of aromatic nitrogens is 1. The molecule has 5 aromatic rings. The molecule has 0 aliphatic heterocycles. The molecule has 0 fully saturated rings.